The van der Waals surface area contributed by atoms with Gasteiger partial charge in [-0.05, 0) is 98.9 Å². The lowest BCUT2D eigenvalue weighted by Gasteiger charge is -2.60. The highest BCUT2D eigenvalue weighted by molar-refractivity contribution is 5.90. The Labute approximate surface area is 287 Å². The van der Waals surface area contributed by atoms with Gasteiger partial charge in [0.1, 0.15) is 11.7 Å². The minimum Gasteiger partial charge on any atom is -0.481 e. The summed E-state index contributed by atoms with van der Waals surface area (Å²) in [5.74, 6) is 0.629. The molecule has 11 atom stereocenters. The van der Waals surface area contributed by atoms with Crippen molar-refractivity contribution in [3.63, 3.8) is 0 Å². The summed E-state index contributed by atoms with van der Waals surface area (Å²) < 4.78 is 7.41. The van der Waals surface area contributed by atoms with Gasteiger partial charge in [-0.15, -0.1) is 0 Å². The summed E-state index contributed by atoms with van der Waals surface area (Å²) in [5.41, 5.74) is 0.356. The SMILES string of the molecule is CCCCC1CC(C23C[C@@H]4[C@H](C)CC[C@H]4C4(C=O)CC2C=C(C(C)C)C34C(=O)O)OC1CN(C)C(Cc1ccccn1)c1ccccn1. The number of carboxylic acid groups (broad SMARTS) is 1. The van der Waals surface area contributed by atoms with Gasteiger partial charge in [0, 0.05) is 36.5 Å². The van der Waals surface area contributed by atoms with E-state index in [1.807, 2.05) is 36.7 Å². The monoisotopic (exact) mass is 653 g/mol. The Hall–Kier alpha value is -2.90. The van der Waals surface area contributed by atoms with Crippen LogP contribution in [0.4, 0.5) is 0 Å². The van der Waals surface area contributed by atoms with E-state index in [-0.39, 0.29) is 36.0 Å². The summed E-state index contributed by atoms with van der Waals surface area (Å²) in [6.07, 6.45) is 15.4. The first-order valence-corrected chi connectivity index (χ1v) is 18.7. The van der Waals surface area contributed by atoms with Crippen molar-refractivity contribution in [3.8, 4) is 0 Å². The number of ether oxygens (including phenoxy) is 1. The number of carboxylic acids is 1. The van der Waals surface area contributed by atoms with Crippen molar-refractivity contribution >= 4 is 12.3 Å². The second-order valence-electron chi connectivity index (χ2n) is 16.4. The van der Waals surface area contributed by atoms with E-state index in [0.717, 1.165) is 81.2 Å². The molecule has 2 aromatic rings. The lowest BCUT2D eigenvalue weighted by atomic mass is 9.41. The number of rotatable bonds is 13. The van der Waals surface area contributed by atoms with Gasteiger partial charge in [0.15, 0.2) is 0 Å². The van der Waals surface area contributed by atoms with Crippen molar-refractivity contribution < 1.29 is 19.4 Å². The maximum absolute atomic E-state index is 14.2. The molecule has 48 heavy (non-hydrogen) atoms. The van der Waals surface area contributed by atoms with E-state index in [1.165, 1.54) is 0 Å². The fraction of sp³-hybridized carbons (Fsp3) is 0.659. The van der Waals surface area contributed by atoms with Crippen LogP contribution in [-0.2, 0) is 20.7 Å². The molecule has 8 unspecified atom stereocenters. The third kappa shape index (κ3) is 4.73. The minimum atomic E-state index is -1.21. The molecule has 4 aliphatic carbocycles. The number of hydrogen-bond acceptors (Lipinski definition) is 6. The summed E-state index contributed by atoms with van der Waals surface area (Å²) in [5, 5.41) is 11.6. The smallest absolute Gasteiger partial charge is 0.315 e. The van der Waals surface area contributed by atoms with Crippen LogP contribution in [0.5, 0.6) is 0 Å². The van der Waals surface area contributed by atoms with Crippen LogP contribution in [-0.4, -0.2) is 58.0 Å². The molecule has 7 heteroatoms. The molecule has 0 aromatic carbocycles. The molecule has 258 valence electrons. The zero-order chi connectivity index (χ0) is 33.8. The van der Waals surface area contributed by atoms with E-state index in [4.69, 9.17) is 9.72 Å². The maximum atomic E-state index is 14.2. The number of hydrogen-bond donors (Lipinski definition) is 1. The summed E-state index contributed by atoms with van der Waals surface area (Å²) >= 11 is 0. The number of aromatic nitrogens is 2. The van der Waals surface area contributed by atoms with Crippen molar-refractivity contribution in [2.75, 3.05) is 13.6 Å². The molecule has 5 aliphatic rings. The standard InChI is InChI=1S/C41H55N3O4/c1-6-7-12-28-19-37(48-36(28)24-44(5)35(34-14-9-11-18-43-34)21-30-13-8-10-17-42-30)40-23-31-27(4)15-16-32(31)39(25-45)22-29(40)20-33(26(2)3)41(39,40)38(46)47/h8-11,13-14,17-18,20,25-29,31-32,35-37H,6-7,12,15-16,19,21-24H2,1-5H3,(H,46,47)/t27-,28?,29?,31-,32-,35?,36?,37?,39?,40?,41?/m1/s1. The van der Waals surface area contributed by atoms with Crippen molar-refractivity contribution in [1.29, 1.82) is 0 Å². The van der Waals surface area contributed by atoms with Gasteiger partial charge in [-0.3, -0.25) is 19.7 Å². The van der Waals surface area contributed by atoms with Gasteiger partial charge in [-0.2, -0.15) is 0 Å². The van der Waals surface area contributed by atoms with Gasteiger partial charge in [0.05, 0.1) is 29.4 Å². The van der Waals surface area contributed by atoms with Crippen LogP contribution in [0.2, 0.25) is 0 Å². The second kappa shape index (κ2) is 12.8. The fourth-order valence-corrected chi connectivity index (χ4v) is 12.1. The number of unbranched alkanes of at least 4 members (excludes halogenated alkanes) is 1. The van der Waals surface area contributed by atoms with Crippen LogP contribution < -0.4 is 0 Å². The molecule has 0 radical (unpaired) electrons. The molecule has 3 saturated carbocycles. The Kier molecular flexibility index (Phi) is 8.94. The maximum Gasteiger partial charge on any atom is 0.315 e. The Balaban J connectivity index is 1.26. The summed E-state index contributed by atoms with van der Waals surface area (Å²) in [6, 6.07) is 12.2. The van der Waals surface area contributed by atoms with Crippen molar-refractivity contribution in [2.45, 2.75) is 104 Å². The molecule has 1 aliphatic heterocycles. The van der Waals surface area contributed by atoms with Gasteiger partial charge in [-0.25, -0.2) is 0 Å². The topological polar surface area (TPSA) is 92.6 Å². The van der Waals surface area contributed by atoms with Crippen LogP contribution >= 0.6 is 0 Å². The molecule has 4 fully saturated rings. The molecule has 1 N–H and O–H groups in total. The van der Waals surface area contributed by atoms with Gasteiger partial charge in [0.25, 0.3) is 0 Å². The highest BCUT2D eigenvalue weighted by atomic mass is 16.5. The molecule has 2 aromatic heterocycles. The highest BCUT2D eigenvalue weighted by Gasteiger charge is 2.86. The van der Waals surface area contributed by atoms with Crippen molar-refractivity contribution in [3.05, 3.63) is 71.8 Å². The first-order valence-electron chi connectivity index (χ1n) is 18.7. The number of pyridine rings is 2. The molecular weight excluding hydrogens is 598 g/mol. The van der Waals surface area contributed by atoms with Gasteiger partial charge in [-0.1, -0.05) is 70.7 Å². The van der Waals surface area contributed by atoms with E-state index < -0.39 is 22.2 Å². The van der Waals surface area contributed by atoms with E-state index in [0.29, 0.717) is 24.2 Å². The molecule has 7 rings (SSSR count). The number of carbonyl (C=O) groups is 2. The summed E-state index contributed by atoms with van der Waals surface area (Å²) in [7, 11) is 2.17. The Morgan fingerprint density at radius 1 is 1.12 bits per heavy atom. The third-order valence-electron chi connectivity index (χ3n) is 14.0. The number of aliphatic carboxylic acids is 1. The Bertz CT molecular complexity index is 1510. The highest BCUT2D eigenvalue weighted by Crippen LogP contribution is 2.84. The first-order chi connectivity index (χ1) is 23.1. The van der Waals surface area contributed by atoms with E-state index in [9.17, 15) is 14.7 Å². The summed E-state index contributed by atoms with van der Waals surface area (Å²) in [4.78, 5) is 39.6. The van der Waals surface area contributed by atoms with Crippen LogP contribution in [0.25, 0.3) is 0 Å². The molecule has 3 heterocycles. The zero-order valence-electron chi connectivity index (χ0n) is 29.6. The third-order valence-corrected chi connectivity index (χ3v) is 14.0. The Morgan fingerprint density at radius 2 is 1.90 bits per heavy atom. The molecule has 1 saturated heterocycles. The molecular formula is C41H55N3O4. The largest absolute Gasteiger partial charge is 0.481 e. The van der Waals surface area contributed by atoms with Crippen LogP contribution in [0, 0.1) is 51.8 Å². The fourth-order valence-electron chi connectivity index (χ4n) is 12.1. The molecule has 0 amide bonds. The minimum absolute atomic E-state index is 0.0217. The number of likely N-dealkylation sites (N-methyl/N-ethyl adjacent to an activating group) is 1. The average molecular weight is 654 g/mol. The van der Waals surface area contributed by atoms with Gasteiger partial charge >= 0.3 is 5.97 Å². The van der Waals surface area contributed by atoms with Crippen LogP contribution in [0.1, 0.15) is 96.5 Å². The Morgan fingerprint density at radius 3 is 2.54 bits per heavy atom. The van der Waals surface area contributed by atoms with Crippen molar-refractivity contribution in [2.24, 2.45) is 51.8 Å². The number of fused-ring (bicyclic) bond motifs is 2. The average Bonchev–Trinajstić information content (AvgIpc) is 3.80. The number of carbonyl (C=O) groups excluding carboxylic acids is 1. The van der Waals surface area contributed by atoms with Gasteiger partial charge < -0.3 is 14.6 Å². The van der Waals surface area contributed by atoms with Gasteiger partial charge in [0.2, 0.25) is 0 Å². The first kappa shape index (κ1) is 33.6. The van der Waals surface area contributed by atoms with E-state index >= 15 is 0 Å². The van der Waals surface area contributed by atoms with E-state index in [2.05, 4.69) is 62.8 Å². The van der Waals surface area contributed by atoms with E-state index in [1.54, 1.807) is 0 Å². The zero-order valence-corrected chi connectivity index (χ0v) is 29.6. The number of aldehydes is 1. The molecule has 4 bridgehead atoms. The molecule has 0 spiro atoms. The normalized spacial score (nSPS) is 38.7. The quantitative estimate of drug-likeness (QED) is 0.176. The molecule has 7 nitrogen and oxygen atoms in total. The van der Waals surface area contributed by atoms with Crippen LogP contribution in [0.3, 0.4) is 0 Å². The number of nitrogens with zero attached hydrogens (tertiary/aromatic N) is 3. The van der Waals surface area contributed by atoms with Crippen molar-refractivity contribution in [1.82, 2.24) is 14.9 Å². The second-order valence-corrected chi connectivity index (χ2v) is 16.4. The predicted octanol–water partition coefficient (Wildman–Crippen LogP) is 7.58. The lowest BCUT2D eigenvalue weighted by Crippen LogP contribution is -2.65. The van der Waals surface area contributed by atoms with Crippen LogP contribution in [0.15, 0.2) is 60.4 Å². The predicted molar refractivity (Wildman–Crippen MR) is 186 cm³/mol. The summed E-state index contributed by atoms with van der Waals surface area (Å²) in [6.45, 7) is 9.57. The lowest BCUT2D eigenvalue weighted by molar-refractivity contribution is -0.197. The number of allylic oxidation sites excluding steroid dienone is 1.